The first-order chi connectivity index (χ1) is 6.35. The molecule has 0 aromatic carbocycles. The van der Waals surface area contributed by atoms with Crippen molar-refractivity contribution in [3.63, 3.8) is 0 Å². The van der Waals surface area contributed by atoms with Gasteiger partial charge in [0.2, 0.25) is 0 Å². The highest BCUT2D eigenvalue weighted by atomic mass is 16.5. The first kappa shape index (κ1) is 12.8. The zero-order valence-electron chi connectivity index (χ0n) is 8.49. The number of ether oxygens (including phenoxy) is 3. The third-order valence-electron chi connectivity index (χ3n) is 1.64. The van der Waals surface area contributed by atoms with E-state index in [4.69, 9.17) is 19.3 Å². The standard InChI is InChI=1S/C9H20O4/c1-3-9(8-12-5-4-10)13-7-6-11-2/h9-10H,3-8H2,1-2H3. The summed E-state index contributed by atoms with van der Waals surface area (Å²) in [6, 6.07) is 0. The summed E-state index contributed by atoms with van der Waals surface area (Å²) in [6.45, 7) is 4.23. The molecule has 0 rings (SSSR count). The summed E-state index contributed by atoms with van der Waals surface area (Å²) in [5.74, 6) is 0. The van der Waals surface area contributed by atoms with E-state index in [1.807, 2.05) is 6.92 Å². The van der Waals surface area contributed by atoms with Gasteiger partial charge in [-0.2, -0.15) is 0 Å². The lowest BCUT2D eigenvalue weighted by Crippen LogP contribution is -2.21. The third kappa shape index (κ3) is 8.18. The molecular weight excluding hydrogens is 172 g/mol. The van der Waals surface area contributed by atoms with E-state index in [0.717, 1.165) is 6.42 Å². The molecule has 0 amide bonds. The first-order valence-corrected chi connectivity index (χ1v) is 4.64. The predicted molar refractivity (Wildman–Crippen MR) is 49.8 cm³/mol. The summed E-state index contributed by atoms with van der Waals surface area (Å²) in [7, 11) is 1.65. The van der Waals surface area contributed by atoms with Gasteiger partial charge in [-0.3, -0.25) is 0 Å². The average molecular weight is 192 g/mol. The van der Waals surface area contributed by atoms with Crippen LogP contribution in [0.5, 0.6) is 0 Å². The summed E-state index contributed by atoms with van der Waals surface area (Å²) in [4.78, 5) is 0. The molecular formula is C9H20O4. The minimum atomic E-state index is 0.0640. The van der Waals surface area contributed by atoms with E-state index >= 15 is 0 Å². The van der Waals surface area contributed by atoms with Gasteiger partial charge in [-0.1, -0.05) is 6.92 Å². The van der Waals surface area contributed by atoms with Crippen LogP contribution in [0.25, 0.3) is 0 Å². The van der Waals surface area contributed by atoms with Crippen molar-refractivity contribution in [1.82, 2.24) is 0 Å². The Hall–Kier alpha value is -0.160. The molecule has 0 radical (unpaired) electrons. The summed E-state index contributed by atoms with van der Waals surface area (Å²) in [5.41, 5.74) is 0. The maximum absolute atomic E-state index is 8.48. The molecule has 1 N–H and O–H groups in total. The topological polar surface area (TPSA) is 47.9 Å². The lowest BCUT2D eigenvalue weighted by molar-refractivity contribution is -0.0388. The van der Waals surface area contributed by atoms with Crippen LogP contribution in [0.1, 0.15) is 13.3 Å². The van der Waals surface area contributed by atoms with Crippen molar-refractivity contribution in [2.24, 2.45) is 0 Å². The van der Waals surface area contributed by atoms with Gasteiger partial charge in [-0.25, -0.2) is 0 Å². The Bertz CT molecular complexity index is 87.6. The fraction of sp³-hybridized carbons (Fsp3) is 1.00. The minimum absolute atomic E-state index is 0.0640. The molecule has 0 spiro atoms. The highest BCUT2D eigenvalue weighted by Gasteiger charge is 2.05. The second-order valence-corrected chi connectivity index (χ2v) is 2.69. The van der Waals surface area contributed by atoms with Crippen LogP contribution in [0, 0.1) is 0 Å². The molecule has 0 aliphatic rings. The van der Waals surface area contributed by atoms with Crippen molar-refractivity contribution in [3.8, 4) is 0 Å². The van der Waals surface area contributed by atoms with E-state index in [0.29, 0.717) is 26.4 Å². The van der Waals surface area contributed by atoms with Crippen molar-refractivity contribution in [1.29, 1.82) is 0 Å². The van der Waals surface area contributed by atoms with Crippen LogP contribution in [-0.2, 0) is 14.2 Å². The molecule has 80 valence electrons. The molecule has 0 fully saturated rings. The largest absolute Gasteiger partial charge is 0.394 e. The number of hydrogen-bond acceptors (Lipinski definition) is 4. The fourth-order valence-corrected chi connectivity index (χ4v) is 0.861. The van der Waals surface area contributed by atoms with Crippen molar-refractivity contribution in [2.75, 3.05) is 40.1 Å². The fourth-order valence-electron chi connectivity index (χ4n) is 0.861. The van der Waals surface area contributed by atoms with Crippen molar-refractivity contribution in [2.45, 2.75) is 19.4 Å². The number of methoxy groups -OCH3 is 1. The number of rotatable bonds is 9. The van der Waals surface area contributed by atoms with Crippen LogP contribution in [0.3, 0.4) is 0 Å². The van der Waals surface area contributed by atoms with Gasteiger partial charge >= 0.3 is 0 Å². The van der Waals surface area contributed by atoms with Gasteiger partial charge in [-0.05, 0) is 6.42 Å². The summed E-state index contributed by atoms with van der Waals surface area (Å²) >= 11 is 0. The van der Waals surface area contributed by atoms with E-state index in [1.165, 1.54) is 0 Å². The third-order valence-corrected chi connectivity index (χ3v) is 1.64. The molecule has 0 saturated carbocycles. The molecule has 4 heteroatoms. The second kappa shape index (κ2) is 9.92. The molecule has 1 atom stereocenters. The lowest BCUT2D eigenvalue weighted by atomic mass is 10.3. The van der Waals surface area contributed by atoms with Gasteiger partial charge in [0.25, 0.3) is 0 Å². The minimum Gasteiger partial charge on any atom is -0.394 e. The van der Waals surface area contributed by atoms with E-state index in [2.05, 4.69) is 0 Å². The van der Waals surface area contributed by atoms with Crippen LogP contribution in [0.4, 0.5) is 0 Å². The Morgan fingerprint density at radius 1 is 1.23 bits per heavy atom. The molecule has 0 saturated heterocycles. The van der Waals surface area contributed by atoms with Crippen LogP contribution in [-0.4, -0.2) is 51.4 Å². The average Bonchev–Trinajstić information content (AvgIpc) is 2.16. The van der Waals surface area contributed by atoms with E-state index < -0.39 is 0 Å². The second-order valence-electron chi connectivity index (χ2n) is 2.69. The van der Waals surface area contributed by atoms with Crippen molar-refractivity contribution < 1.29 is 19.3 Å². The molecule has 0 heterocycles. The molecule has 0 aliphatic heterocycles. The number of hydrogen-bond donors (Lipinski definition) is 1. The molecule has 0 aliphatic carbocycles. The van der Waals surface area contributed by atoms with Gasteiger partial charge in [-0.15, -0.1) is 0 Å². The zero-order valence-corrected chi connectivity index (χ0v) is 8.49. The molecule has 0 bridgehead atoms. The van der Waals surface area contributed by atoms with Crippen molar-refractivity contribution in [3.05, 3.63) is 0 Å². The molecule has 13 heavy (non-hydrogen) atoms. The monoisotopic (exact) mass is 192 g/mol. The van der Waals surface area contributed by atoms with Crippen molar-refractivity contribution >= 4 is 0 Å². The van der Waals surface area contributed by atoms with Gasteiger partial charge in [0, 0.05) is 7.11 Å². The Kier molecular flexibility index (Phi) is 9.80. The predicted octanol–water partition coefficient (Wildman–Crippen LogP) is 0.437. The SMILES string of the molecule is CCC(COCCO)OCCOC. The van der Waals surface area contributed by atoms with Crippen LogP contribution >= 0.6 is 0 Å². The first-order valence-electron chi connectivity index (χ1n) is 4.64. The Morgan fingerprint density at radius 3 is 2.54 bits per heavy atom. The molecule has 1 unspecified atom stereocenters. The lowest BCUT2D eigenvalue weighted by Gasteiger charge is -2.15. The summed E-state index contributed by atoms with van der Waals surface area (Å²) in [6.07, 6.45) is 1.02. The van der Waals surface area contributed by atoms with E-state index in [9.17, 15) is 0 Å². The smallest absolute Gasteiger partial charge is 0.0807 e. The molecule has 4 nitrogen and oxygen atoms in total. The number of aliphatic hydroxyl groups is 1. The maximum Gasteiger partial charge on any atom is 0.0807 e. The number of aliphatic hydroxyl groups excluding tert-OH is 1. The maximum atomic E-state index is 8.48. The van der Waals surface area contributed by atoms with Gasteiger partial charge in [0.15, 0.2) is 0 Å². The highest BCUT2D eigenvalue weighted by Crippen LogP contribution is 1.98. The Morgan fingerprint density at radius 2 is 2.00 bits per heavy atom. The highest BCUT2D eigenvalue weighted by molar-refractivity contribution is 4.52. The Labute approximate surface area is 79.8 Å². The van der Waals surface area contributed by atoms with Crippen LogP contribution in [0.2, 0.25) is 0 Å². The van der Waals surface area contributed by atoms with Gasteiger partial charge < -0.3 is 19.3 Å². The summed E-state index contributed by atoms with van der Waals surface area (Å²) < 4.78 is 15.5. The Balaban J connectivity index is 3.28. The molecule has 0 aromatic rings. The van der Waals surface area contributed by atoms with E-state index in [1.54, 1.807) is 7.11 Å². The van der Waals surface area contributed by atoms with Gasteiger partial charge in [0.1, 0.15) is 0 Å². The van der Waals surface area contributed by atoms with Crippen LogP contribution < -0.4 is 0 Å². The van der Waals surface area contributed by atoms with Gasteiger partial charge in [0.05, 0.1) is 39.1 Å². The normalized spacial score (nSPS) is 13.2. The molecule has 0 aromatic heterocycles. The zero-order chi connectivity index (χ0) is 9.94. The summed E-state index contributed by atoms with van der Waals surface area (Å²) in [5, 5.41) is 8.48. The van der Waals surface area contributed by atoms with E-state index in [-0.39, 0.29) is 12.7 Å². The van der Waals surface area contributed by atoms with Crippen LogP contribution in [0.15, 0.2) is 0 Å². The quantitative estimate of drug-likeness (QED) is 0.538.